The molecule has 0 bridgehead atoms. The highest BCUT2D eigenvalue weighted by Crippen LogP contribution is 2.43. The fraction of sp³-hybridized carbons (Fsp3) is 0.643. The predicted molar refractivity (Wildman–Crippen MR) is 133 cm³/mol. The molecule has 1 aromatic carbocycles. The van der Waals surface area contributed by atoms with Gasteiger partial charge in [0.2, 0.25) is 0 Å². The molecule has 1 unspecified atom stereocenters. The number of nitrogens with zero attached hydrogens (tertiary/aromatic N) is 2. The van der Waals surface area contributed by atoms with E-state index >= 15 is 0 Å². The first kappa shape index (κ1) is 24.5. The summed E-state index contributed by atoms with van der Waals surface area (Å²) in [5.41, 5.74) is 1.64. The lowest BCUT2D eigenvalue weighted by Crippen LogP contribution is -2.53. The molecule has 0 radical (unpaired) electrons. The van der Waals surface area contributed by atoms with Gasteiger partial charge in [0.1, 0.15) is 5.75 Å². The van der Waals surface area contributed by atoms with Crippen LogP contribution < -0.4 is 4.74 Å². The van der Waals surface area contributed by atoms with Gasteiger partial charge in [0.05, 0.1) is 24.6 Å². The summed E-state index contributed by atoms with van der Waals surface area (Å²) in [6, 6.07) is 8.06. The van der Waals surface area contributed by atoms with E-state index in [2.05, 4.69) is 9.88 Å². The molecule has 3 heterocycles. The van der Waals surface area contributed by atoms with Crippen molar-refractivity contribution in [2.75, 3.05) is 33.4 Å². The molecule has 190 valence electrons. The average Bonchev–Trinajstić information content (AvgIpc) is 2.86. The van der Waals surface area contributed by atoms with Crippen molar-refractivity contribution in [3.8, 4) is 5.75 Å². The second-order valence-corrected chi connectivity index (χ2v) is 10.7. The third-order valence-electron chi connectivity index (χ3n) is 8.86. The Labute approximate surface area is 207 Å². The largest absolute Gasteiger partial charge is 0.497 e. The number of carbonyl (C=O) groups is 1. The summed E-state index contributed by atoms with van der Waals surface area (Å²) in [5.74, 6) is 1.33. The number of likely N-dealkylation sites (tertiary alicyclic amines) is 1. The van der Waals surface area contributed by atoms with Gasteiger partial charge in [-0.3, -0.25) is 14.7 Å². The van der Waals surface area contributed by atoms with Crippen LogP contribution in [0.3, 0.4) is 0 Å². The fourth-order valence-corrected chi connectivity index (χ4v) is 6.57. The average molecular weight is 483 g/mol. The monoisotopic (exact) mass is 482 g/mol. The van der Waals surface area contributed by atoms with Gasteiger partial charge in [-0.1, -0.05) is 0 Å². The summed E-state index contributed by atoms with van der Waals surface area (Å²) >= 11 is 0. The lowest BCUT2D eigenvalue weighted by Gasteiger charge is -2.50. The van der Waals surface area contributed by atoms with E-state index in [1.54, 1.807) is 13.3 Å². The number of methoxy groups -OCH3 is 1. The molecule has 0 amide bonds. The van der Waals surface area contributed by atoms with Gasteiger partial charge < -0.3 is 19.7 Å². The van der Waals surface area contributed by atoms with Crippen LogP contribution in [0.5, 0.6) is 5.75 Å². The number of aliphatic carboxylic acids is 1. The minimum absolute atomic E-state index is 0.0902. The minimum Gasteiger partial charge on any atom is -0.497 e. The van der Waals surface area contributed by atoms with Gasteiger partial charge in [-0.25, -0.2) is 0 Å². The Morgan fingerprint density at radius 3 is 2.74 bits per heavy atom. The Hall–Kier alpha value is -2.22. The smallest absolute Gasteiger partial charge is 0.308 e. The van der Waals surface area contributed by atoms with E-state index in [9.17, 15) is 15.0 Å². The molecule has 3 fully saturated rings. The van der Waals surface area contributed by atoms with Crippen LogP contribution in [0, 0.1) is 23.7 Å². The standard InChI is InChI=1S/C28H38N2O5/c1-34-22-3-4-26-24(16-22)23(6-10-29-26)27(31)5-2-19-7-11-30(17-25(19)28(32)33)21-14-20(15-21)18-8-12-35-13-9-18/h3-4,6,10,16,18-21,25,27,31H,2,5,7-9,11-15,17H2,1H3,(H,32,33)/t19-,20?,21?,25+,27?/m1/s1. The van der Waals surface area contributed by atoms with Gasteiger partial charge in [0.25, 0.3) is 0 Å². The molecule has 1 saturated carbocycles. The Morgan fingerprint density at radius 1 is 1.20 bits per heavy atom. The highest BCUT2D eigenvalue weighted by molar-refractivity contribution is 5.83. The number of aromatic nitrogens is 1. The number of carboxylic acids is 1. The molecule has 35 heavy (non-hydrogen) atoms. The number of aliphatic hydroxyl groups is 1. The van der Waals surface area contributed by atoms with Crippen molar-refractivity contribution in [2.45, 2.75) is 57.1 Å². The number of benzene rings is 1. The zero-order chi connectivity index (χ0) is 24.4. The third kappa shape index (κ3) is 5.32. The molecule has 3 aliphatic rings. The van der Waals surface area contributed by atoms with Crippen molar-refractivity contribution in [1.29, 1.82) is 0 Å². The summed E-state index contributed by atoms with van der Waals surface area (Å²) in [4.78, 5) is 19.0. The van der Waals surface area contributed by atoms with E-state index in [1.165, 1.54) is 25.7 Å². The molecule has 0 spiro atoms. The Morgan fingerprint density at radius 2 is 2.00 bits per heavy atom. The van der Waals surface area contributed by atoms with Gasteiger partial charge in [0.15, 0.2) is 0 Å². The van der Waals surface area contributed by atoms with Crippen LogP contribution in [0.25, 0.3) is 10.9 Å². The minimum atomic E-state index is -0.700. The molecule has 1 aromatic heterocycles. The SMILES string of the molecule is COc1ccc2nccc(C(O)CC[C@@H]3CCN(C4CC(C5CCOCC5)C4)C[C@@H]3C(=O)O)c2c1. The second-order valence-electron chi connectivity index (χ2n) is 10.7. The Balaban J connectivity index is 1.17. The van der Waals surface area contributed by atoms with Gasteiger partial charge in [-0.2, -0.15) is 0 Å². The van der Waals surface area contributed by atoms with E-state index in [-0.39, 0.29) is 11.8 Å². The first-order chi connectivity index (χ1) is 17.0. The summed E-state index contributed by atoms with van der Waals surface area (Å²) in [7, 11) is 1.63. The maximum atomic E-state index is 12.2. The van der Waals surface area contributed by atoms with Crippen LogP contribution in [0.4, 0.5) is 0 Å². The van der Waals surface area contributed by atoms with E-state index < -0.39 is 12.1 Å². The zero-order valence-corrected chi connectivity index (χ0v) is 20.6. The first-order valence-electron chi connectivity index (χ1n) is 13.2. The topological polar surface area (TPSA) is 92.1 Å². The van der Waals surface area contributed by atoms with Crippen molar-refractivity contribution in [2.24, 2.45) is 23.7 Å². The maximum Gasteiger partial charge on any atom is 0.308 e. The van der Waals surface area contributed by atoms with Crippen molar-refractivity contribution in [3.05, 3.63) is 36.0 Å². The number of carboxylic acid groups (broad SMARTS) is 1. The number of rotatable bonds is 8. The van der Waals surface area contributed by atoms with Gasteiger partial charge >= 0.3 is 5.97 Å². The van der Waals surface area contributed by atoms with Gasteiger partial charge in [-0.05, 0) is 99.1 Å². The quantitative estimate of drug-likeness (QED) is 0.580. The van der Waals surface area contributed by atoms with E-state index in [0.717, 1.165) is 60.2 Å². The van der Waals surface area contributed by atoms with Crippen LogP contribution in [-0.2, 0) is 9.53 Å². The lowest BCUT2D eigenvalue weighted by molar-refractivity contribution is -0.147. The van der Waals surface area contributed by atoms with E-state index in [4.69, 9.17) is 9.47 Å². The number of pyridine rings is 1. The summed E-state index contributed by atoms with van der Waals surface area (Å²) < 4.78 is 10.9. The third-order valence-corrected chi connectivity index (χ3v) is 8.86. The van der Waals surface area contributed by atoms with Crippen molar-refractivity contribution in [1.82, 2.24) is 9.88 Å². The number of hydrogen-bond donors (Lipinski definition) is 2. The Bertz CT molecular complexity index is 1020. The number of ether oxygens (including phenoxy) is 2. The van der Waals surface area contributed by atoms with Crippen LogP contribution in [0.1, 0.15) is 56.6 Å². The lowest BCUT2D eigenvalue weighted by atomic mass is 9.68. The maximum absolute atomic E-state index is 12.2. The Kier molecular flexibility index (Phi) is 7.56. The van der Waals surface area contributed by atoms with Crippen molar-refractivity contribution in [3.63, 3.8) is 0 Å². The first-order valence-corrected chi connectivity index (χ1v) is 13.2. The molecule has 2 saturated heterocycles. The molecule has 5 rings (SSSR count). The molecule has 7 nitrogen and oxygen atoms in total. The summed E-state index contributed by atoms with van der Waals surface area (Å²) in [6.07, 6.45) is 7.96. The normalized spacial score (nSPS) is 29.0. The highest BCUT2D eigenvalue weighted by Gasteiger charge is 2.43. The molecule has 1 aliphatic carbocycles. The number of aliphatic hydroxyl groups excluding tert-OH is 1. The molecule has 2 N–H and O–H groups in total. The van der Waals surface area contributed by atoms with E-state index in [0.29, 0.717) is 25.4 Å². The fourth-order valence-electron chi connectivity index (χ4n) is 6.57. The van der Waals surface area contributed by atoms with Crippen LogP contribution >= 0.6 is 0 Å². The number of hydrogen-bond acceptors (Lipinski definition) is 6. The van der Waals surface area contributed by atoms with Crippen molar-refractivity contribution < 1.29 is 24.5 Å². The summed E-state index contributed by atoms with van der Waals surface area (Å²) in [5, 5.41) is 21.9. The van der Waals surface area contributed by atoms with E-state index in [1.807, 2.05) is 24.3 Å². The molecular formula is C28H38N2O5. The van der Waals surface area contributed by atoms with Crippen LogP contribution in [-0.4, -0.2) is 65.5 Å². The molecule has 3 atom stereocenters. The van der Waals surface area contributed by atoms with Gasteiger partial charge in [0, 0.05) is 37.4 Å². The second kappa shape index (κ2) is 10.8. The summed E-state index contributed by atoms with van der Waals surface area (Å²) in [6.45, 7) is 3.39. The van der Waals surface area contributed by atoms with Crippen molar-refractivity contribution >= 4 is 16.9 Å². The van der Waals surface area contributed by atoms with Crippen LogP contribution in [0.15, 0.2) is 30.5 Å². The number of piperidine rings is 1. The zero-order valence-electron chi connectivity index (χ0n) is 20.6. The molecule has 2 aromatic rings. The molecule has 7 heteroatoms. The molecular weight excluding hydrogens is 444 g/mol. The number of fused-ring (bicyclic) bond motifs is 1. The highest BCUT2D eigenvalue weighted by atomic mass is 16.5. The van der Waals surface area contributed by atoms with Gasteiger partial charge in [-0.15, -0.1) is 0 Å². The predicted octanol–water partition coefficient (Wildman–Crippen LogP) is 4.28. The molecule has 2 aliphatic heterocycles. The van der Waals surface area contributed by atoms with Crippen LogP contribution in [0.2, 0.25) is 0 Å².